The maximum atomic E-state index is 12.9. The SMILES string of the molecule is Cc1nc(C)c(C(=O)N2CCC(c3nnc4n3CCN(C(=O)C(C)C)CC4)CC2)s1. The van der Waals surface area contributed by atoms with Crippen LogP contribution in [0, 0.1) is 19.8 Å². The fourth-order valence-electron chi connectivity index (χ4n) is 4.45. The molecule has 0 bridgehead atoms. The number of amides is 2. The number of fused-ring (bicyclic) bond motifs is 1. The predicted octanol–water partition coefficient (Wildman–Crippen LogP) is 2.41. The van der Waals surface area contributed by atoms with Gasteiger partial charge >= 0.3 is 0 Å². The van der Waals surface area contributed by atoms with Crippen LogP contribution in [0.5, 0.6) is 0 Å². The maximum Gasteiger partial charge on any atom is 0.265 e. The summed E-state index contributed by atoms with van der Waals surface area (Å²) in [6, 6.07) is 0. The van der Waals surface area contributed by atoms with Crippen molar-refractivity contribution in [1.82, 2.24) is 29.5 Å². The molecule has 2 aliphatic rings. The van der Waals surface area contributed by atoms with E-state index in [1.807, 2.05) is 37.5 Å². The molecule has 0 atom stereocenters. The van der Waals surface area contributed by atoms with Crippen molar-refractivity contribution in [2.75, 3.05) is 26.2 Å². The number of hydrogen-bond acceptors (Lipinski definition) is 6. The molecule has 4 rings (SSSR count). The molecule has 0 aromatic carbocycles. The van der Waals surface area contributed by atoms with Crippen molar-refractivity contribution in [2.24, 2.45) is 5.92 Å². The molecule has 1 fully saturated rings. The monoisotopic (exact) mass is 430 g/mol. The molecule has 9 heteroatoms. The number of carbonyl (C=O) groups excluding carboxylic acids is 2. The van der Waals surface area contributed by atoms with E-state index < -0.39 is 0 Å². The molecule has 2 amide bonds. The van der Waals surface area contributed by atoms with Crippen molar-refractivity contribution in [2.45, 2.75) is 59.4 Å². The van der Waals surface area contributed by atoms with Gasteiger partial charge in [0.25, 0.3) is 5.91 Å². The third-order valence-electron chi connectivity index (χ3n) is 6.11. The quantitative estimate of drug-likeness (QED) is 0.747. The first-order chi connectivity index (χ1) is 14.3. The van der Waals surface area contributed by atoms with Gasteiger partial charge in [-0.3, -0.25) is 9.59 Å². The van der Waals surface area contributed by atoms with Gasteiger partial charge in [0.1, 0.15) is 16.5 Å². The number of rotatable bonds is 3. The number of aryl methyl sites for hydroxylation is 2. The fraction of sp³-hybridized carbons (Fsp3) is 0.667. The van der Waals surface area contributed by atoms with E-state index in [0.717, 1.165) is 66.1 Å². The summed E-state index contributed by atoms with van der Waals surface area (Å²) in [5, 5.41) is 9.88. The Balaban J connectivity index is 1.41. The second kappa shape index (κ2) is 8.45. The smallest absolute Gasteiger partial charge is 0.265 e. The van der Waals surface area contributed by atoms with E-state index >= 15 is 0 Å². The molecule has 2 aliphatic heterocycles. The Kier molecular flexibility index (Phi) is 5.90. The topological polar surface area (TPSA) is 84.2 Å². The summed E-state index contributed by atoms with van der Waals surface area (Å²) < 4.78 is 2.21. The van der Waals surface area contributed by atoms with Gasteiger partial charge in [0.15, 0.2) is 0 Å². The summed E-state index contributed by atoms with van der Waals surface area (Å²) >= 11 is 1.48. The van der Waals surface area contributed by atoms with Crippen LogP contribution in [-0.4, -0.2) is 67.5 Å². The Labute approximate surface area is 181 Å². The van der Waals surface area contributed by atoms with Crippen molar-refractivity contribution in [3.05, 3.63) is 27.2 Å². The summed E-state index contributed by atoms with van der Waals surface area (Å²) in [7, 11) is 0. The average Bonchev–Trinajstić information content (AvgIpc) is 3.22. The van der Waals surface area contributed by atoms with Crippen LogP contribution in [0.1, 0.15) is 64.6 Å². The van der Waals surface area contributed by atoms with E-state index in [2.05, 4.69) is 19.7 Å². The first-order valence-electron chi connectivity index (χ1n) is 10.8. The van der Waals surface area contributed by atoms with Gasteiger partial charge in [-0.1, -0.05) is 13.8 Å². The number of carbonyl (C=O) groups is 2. The minimum Gasteiger partial charge on any atom is -0.340 e. The number of piperidine rings is 1. The molecule has 4 heterocycles. The van der Waals surface area contributed by atoms with Gasteiger partial charge in [-0.2, -0.15) is 0 Å². The van der Waals surface area contributed by atoms with Gasteiger partial charge in [0, 0.05) is 51.0 Å². The van der Waals surface area contributed by atoms with Crippen LogP contribution >= 0.6 is 11.3 Å². The number of likely N-dealkylation sites (tertiary alicyclic amines) is 1. The molecule has 0 aliphatic carbocycles. The molecule has 0 radical (unpaired) electrons. The van der Waals surface area contributed by atoms with Gasteiger partial charge in [0.2, 0.25) is 5.91 Å². The van der Waals surface area contributed by atoms with E-state index in [0.29, 0.717) is 19.0 Å². The summed E-state index contributed by atoms with van der Waals surface area (Å²) in [5.41, 5.74) is 0.827. The molecule has 0 saturated carbocycles. The van der Waals surface area contributed by atoms with Crippen molar-refractivity contribution in [3.8, 4) is 0 Å². The van der Waals surface area contributed by atoms with Gasteiger partial charge in [-0.25, -0.2) is 4.98 Å². The summed E-state index contributed by atoms with van der Waals surface area (Å²) in [6.07, 6.45) is 2.51. The van der Waals surface area contributed by atoms with Crippen LogP contribution in [0.2, 0.25) is 0 Å². The van der Waals surface area contributed by atoms with E-state index in [4.69, 9.17) is 0 Å². The van der Waals surface area contributed by atoms with Gasteiger partial charge in [-0.05, 0) is 26.7 Å². The zero-order valence-corrected chi connectivity index (χ0v) is 19.0. The third-order valence-corrected chi connectivity index (χ3v) is 7.17. The van der Waals surface area contributed by atoms with E-state index in [-0.39, 0.29) is 17.7 Å². The Hall–Kier alpha value is -2.29. The second-order valence-corrected chi connectivity index (χ2v) is 9.77. The van der Waals surface area contributed by atoms with Crippen molar-refractivity contribution in [1.29, 1.82) is 0 Å². The Morgan fingerprint density at radius 3 is 2.37 bits per heavy atom. The number of thiazole rings is 1. The van der Waals surface area contributed by atoms with Crippen LogP contribution in [0.25, 0.3) is 0 Å². The lowest BCUT2D eigenvalue weighted by Gasteiger charge is -2.31. The first kappa shape index (κ1) is 21.0. The van der Waals surface area contributed by atoms with E-state index in [9.17, 15) is 9.59 Å². The molecule has 30 heavy (non-hydrogen) atoms. The van der Waals surface area contributed by atoms with Gasteiger partial charge < -0.3 is 14.4 Å². The Bertz CT molecular complexity index is 941. The standard InChI is InChI=1S/C21H30N6O2S/c1-13(2)20(28)26-10-7-17-23-24-19(27(17)12-11-26)16-5-8-25(9-6-16)21(29)18-14(3)22-15(4)30-18/h13,16H,5-12H2,1-4H3. The molecule has 0 spiro atoms. The van der Waals surface area contributed by atoms with Gasteiger partial charge in [-0.15, -0.1) is 21.5 Å². The van der Waals surface area contributed by atoms with Crippen LogP contribution in [0.15, 0.2) is 0 Å². The molecular weight excluding hydrogens is 400 g/mol. The summed E-state index contributed by atoms with van der Waals surface area (Å²) in [5.74, 6) is 2.60. The molecule has 0 unspecified atom stereocenters. The fourth-order valence-corrected chi connectivity index (χ4v) is 5.33. The zero-order valence-electron chi connectivity index (χ0n) is 18.2. The van der Waals surface area contributed by atoms with Crippen LogP contribution in [0.4, 0.5) is 0 Å². The number of nitrogens with zero attached hydrogens (tertiary/aromatic N) is 6. The molecular formula is C21H30N6O2S. The normalized spacial score (nSPS) is 17.9. The molecule has 1 saturated heterocycles. The lowest BCUT2D eigenvalue weighted by molar-refractivity contribution is -0.134. The lowest BCUT2D eigenvalue weighted by atomic mass is 9.95. The highest BCUT2D eigenvalue weighted by molar-refractivity contribution is 7.13. The molecule has 0 N–H and O–H groups in total. The van der Waals surface area contributed by atoms with E-state index in [1.165, 1.54) is 11.3 Å². The highest BCUT2D eigenvalue weighted by atomic mass is 32.1. The van der Waals surface area contributed by atoms with Crippen molar-refractivity contribution in [3.63, 3.8) is 0 Å². The van der Waals surface area contributed by atoms with Crippen LogP contribution in [0.3, 0.4) is 0 Å². The second-order valence-electron chi connectivity index (χ2n) is 8.57. The first-order valence-corrected chi connectivity index (χ1v) is 11.6. The number of aromatic nitrogens is 4. The van der Waals surface area contributed by atoms with Crippen molar-refractivity contribution < 1.29 is 9.59 Å². The third kappa shape index (κ3) is 3.99. The molecule has 8 nitrogen and oxygen atoms in total. The average molecular weight is 431 g/mol. The minimum atomic E-state index is 0.0147. The predicted molar refractivity (Wildman–Crippen MR) is 115 cm³/mol. The minimum absolute atomic E-state index is 0.0147. The molecule has 2 aromatic heterocycles. The molecule has 2 aromatic rings. The number of hydrogen-bond donors (Lipinski definition) is 0. The summed E-state index contributed by atoms with van der Waals surface area (Å²) in [6.45, 7) is 11.3. The van der Waals surface area contributed by atoms with Crippen LogP contribution in [-0.2, 0) is 17.8 Å². The van der Waals surface area contributed by atoms with E-state index in [1.54, 1.807) is 0 Å². The largest absolute Gasteiger partial charge is 0.340 e. The Morgan fingerprint density at radius 2 is 1.73 bits per heavy atom. The molecule has 162 valence electrons. The summed E-state index contributed by atoms with van der Waals surface area (Å²) in [4.78, 5) is 34.3. The van der Waals surface area contributed by atoms with Gasteiger partial charge in [0.05, 0.1) is 10.7 Å². The maximum absolute atomic E-state index is 12.9. The van der Waals surface area contributed by atoms with Crippen molar-refractivity contribution >= 4 is 23.2 Å². The Morgan fingerprint density at radius 1 is 1.00 bits per heavy atom. The van der Waals surface area contributed by atoms with Crippen LogP contribution < -0.4 is 0 Å². The zero-order chi connectivity index (χ0) is 21.4. The lowest BCUT2D eigenvalue weighted by Crippen LogP contribution is -2.38. The highest BCUT2D eigenvalue weighted by Crippen LogP contribution is 2.30. The highest BCUT2D eigenvalue weighted by Gasteiger charge is 2.31.